The van der Waals surface area contributed by atoms with E-state index in [-0.39, 0.29) is 6.04 Å². The summed E-state index contributed by atoms with van der Waals surface area (Å²) in [6, 6.07) is 0.224. The predicted octanol–water partition coefficient (Wildman–Crippen LogP) is 1.25. The SMILES string of the molecule is COC(=O)c1nccn1C(C)C. The molecule has 12 heavy (non-hydrogen) atoms. The van der Waals surface area contributed by atoms with Crippen molar-refractivity contribution in [3.8, 4) is 0 Å². The summed E-state index contributed by atoms with van der Waals surface area (Å²) >= 11 is 0. The largest absolute Gasteiger partial charge is 0.463 e. The number of ether oxygens (including phenoxy) is 1. The van der Waals surface area contributed by atoms with Crippen LogP contribution in [-0.2, 0) is 4.74 Å². The normalized spacial score (nSPS) is 10.3. The zero-order valence-electron chi connectivity index (χ0n) is 7.44. The first-order valence-electron chi connectivity index (χ1n) is 3.78. The number of aromatic nitrogens is 2. The molecule has 4 nitrogen and oxygen atoms in total. The molecule has 0 amide bonds. The maximum absolute atomic E-state index is 11.1. The highest BCUT2D eigenvalue weighted by Gasteiger charge is 2.13. The van der Waals surface area contributed by atoms with Gasteiger partial charge in [0.25, 0.3) is 0 Å². The second-order valence-electron chi connectivity index (χ2n) is 2.74. The van der Waals surface area contributed by atoms with Crippen molar-refractivity contribution in [2.45, 2.75) is 19.9 Å². The van der Waals surface area contributed by atoms with E-state index in [1.807, 2.05) is 13.8 Å². The molecular formula is C8H12N2O2. The zero-order chi connectivity index (χ0) is 9.14. The molecule has 0 unspecified atom stereocenters. The lowest BCUT2D eigenvalue weighted by Gasteiger charge is -2.08. The Morgan fingerprint density at radius 2 is 2.33 bits per heavy atom. The summed E-state index contributed by atoms with van der Waals surface area (Å²) in [5.41, 5.74) is 0. The van der Waals surface area contributed by atoms with E-state index in [1.54, 1.807) is 17.0 Å². The molecule has 0 radical (unpaired) electrons. The van der Waals surface area contributed by atoms with Gasteiger partial charge in [0.1, 0.15) is 0 Å². The van der Waals surface area contributed by atoms with E-state index in [0.717, 1.165) is 0 Å². The molecule has 0 fully saturated rings. The number of imidazole rings is 1. The molecule has 4 heteroatoms. The average molecular weight is 168 g/mol. The summed E-state index contributed by atoms with van der Waals surface area (Å²) in [5.74, 6) is -0.0406. The first kappa shape index (κ1) is 8.77. The molecule has 1 aromatic heterocycles. The molecule has 1 heterocycles. The van der Waals surface area contributed by atoms with Gasteiger partial charge in [-0.1, -0.05) is 0 Å². The number of carbonyl (C=O) groups excluding carboxylic acids is 1. The number of rotatable bonds is 2. The number of methoxy groups -OCH3 is 1. The van der Waals surface area contributed by atoms with Crippen LogP contribution < -0.4 is 0 Å². The Labute approximate surface area is 71.2 Å². The third-order valence-corrected chi connectivity index (χ3v) is 1.59. The highest BCUT2D eigenvalue weighted by Crippen LogP contribution is 2.08. The first-order valence-corrected chi connectivity index (χ1v) is 3.78. The topological polar surface area (TPSA) is 44.1 Å². The van der Waals surface area contributed by atoms with Crippen LogP contribution in [0.5, 0.6) is 0 Å². The van der Waals surface area contributed by atoms with Crippen LogP contribution in [0.1, 0.15) is 30.5 Å². The number of nitrogens with zero attached hydrogens (tertiary/aromatic N) is 2. The van der Waals surface area contributed by atoms with Crippen molar-refractivity contribution in [3.05, 3.63) is 18.2 Å². The minimum Gasteiger partial charge on any atom is -0.463 e. The summed E-state index contributed by atoms with van der Waals surface area (Å²) in [7, 11) is 1.35. The van der Waals surface area contributed by atoms with E-state index in [4.69, 9.17) is 0 Å². The van der Waals surface area contributed by atoms with Crippen molar-refractivity contribution < 1.29 is 9.53 Å². The van der Waals surface area contributed by atoms with Crippen molar-refractivity contribution in [1.29, 1.82) is 0 Å². The summed E-state index contributed by atoms with van der Waals surface area (Å²) in [4.78, 5) is 15.0. The van der Waals surface area contributed by atoms with Crippen LogP contribution in [0.3, 0.4) is 0 Å². The molecule has 0 aliphatic heterocycles. The molecule has 0 spiro atoms. The van der Waals surface area contributed by atoms with Gasteiger partial charge in [0, 0.05) is 18.4 Å². The van der Waals surface area contributed by atoms with Gasteiger partial charge < -0.3 is 9.30 Å². The van der Waals surface area contributed by atoms with E-state index in [0.29, 0.717) is 5.82 Å². The van der Waals surface area contributed by atoms with Crippen molar-refractivity contribution in [2.24, 2.45) is 0 Å². The molecular weight excluding hydrogens is 156 g/mol. The van der Waals surface area contributed by atoms with Crippen LogP contribution in [0.2, 0.25) is 0 Å². The molecule has 0 aromatic carbocycles. The Balaban J connectivity index is 2.99. The van der Waals surface area contributed by atoms with Gasteiger partial charge in [-0.25, -0.2) is 9.78 Å². The molecule has 1 rings (SSSR count). The molecule has 0 saturated carbocycles. The van der Waals surface area contributed by atoms with Gasteiger partial charge in [0.15, 0.2) is 0 Å². The van der Waals surface area contributed by atoms with Crippen LogP contribution in [0.25, 0.3) is 0 Å². The summed E-state index contributed by atoms with van der Waals surface area (Å²) < 4.78 is 6.33. The predicted molar refractivity (Wildman–Crippen MR) is 44.0 cm³/mol. The van der Waals surface area contributed by atoms with Crippen molar-refractivity contribution in [1.82, 2.24) is 9.55 Å². The average Bonchev–Trinajstić information content (AvgIpc) is 2.50. The minimum atomic E-state index is -0.395. The minimum absolute atomic E-state index is 0.224. The van der Waals surface area contributed by atoms with Gasteiger partial charge in [0.05, 0.1) is 7.11 Å². The lowest BCUT2D eigenvalue weighted by Crippen LogP contribution is -2.12. The first-order chi connectivity index (χ1) is 5.66. The molecule has 0 N–H and O–H groups in total. The third kappa shape index (κ3) is 1.47. The number of esters is 1. The molecule has 0 aliphatic rings. The second kappa shape index (κ2) is 3.38. The lowest BCUT2D eigenvalue weighted by atomic mass is 10.4. The van der Waals surface area contributed by atoms with Gasteiger partial charge in [-0.2, -0.15) is 0 Å². The summed E-state index contributed by atoms with van der Waals surface area (Å²) in [6.07, 6.45) is 3.35. The fourth-order valence-corrected chi connectivity index (χ4v) is 0.979. The third-order valence-electron chi connectivity index (χ3n) is 1.59. The van der Waals surface area contributed by atoms with Gasteiger partial charge in [-0.3, -0.25) is 0 Å². The van der Waals surface area contributed by atoms with Crippen LogP contribution >= 0.6 is 0 Å². The quantitative estimate of drug-likeness (QED) is 0.624. The number of hydrogen-bond acceptors (Lipinski definition) is 3. The summed E-state index contributed by atoms with van der Waals surface area (Å²) in [5, 5.41) is 0. The number of carbonyl (C=O) groups is 1. The smallest absolute Gasteiger partial charge is 0.374 e. The second-order valence-corrected chi connectivity index (χ2v) is 2.74. The van der Waals surface area contributed by atoms with Gasteiger partial charge >= 0.3 is 5.97 Å². The van der Waals surface area contributed by atoms with Gasteiger partial charge in [-0.15, -0.1) is 0 Å². The highest BCUT2D eigenvalue weighted by atomic mass is 16.5. The Hall–Kier alpha value is -1.32. The monoisotopic (exact) mass is 168 g/mol. The molecule has 0 aliphatic carbocycles. The molecule has 0 saturated heterocycles. The molecule has 0 atom stereocenters. The molecule has 66 valence electrons. The van der Waals surface area contributed by atoms with E-state index in [1.165, 1.54) is 7.11 Å². The Morgan fingerprint density at radius 3 is 2.83 bits per heavy atom. The van der Waals surface area contributed by atoms with Crippen LogP contribution in [-0.4, -0.2) is 22.6 Å². The summed E-state index contributed by atoms with van der Waals surface area (Å²) in [6.45, 7) is 3.96. The zero-order valence-corrected chi connectivity index (χ0v) is 7.44. The Morgan fingerprint density at radius 1 is 1.67 bits per heavy atom. The fourth-order valence-electron chi connectivity index (χ4n) is 0.979. The highest BCUT2D eigenvalue weighted by molar-refractivity contribution is 5.85. The van der Waals surface area contributed by atoms with Gasteiger partial charge in [0.2, 0.25) is 5.82 Å². The van der Waals surface area contributed by atoms with Crippen LogP contribution in [0.4, 0.5) is 0 Å². The maximum Gasteiger partial charge on any atom is 0.374 e. The van der Waals surface area contributed by atoms with Crippen molar-refractivity contribution in [2.75, 3.05) is 7.11 Å². The van der Waals surface area contributed by atoms with Gasteiger partial charge in [-0.05, 0) is 13.8 Å². The molecule has 1 aromatic rings. The van der Waals surface area contributed by atoms with Crippen molar-refractivity contribution in [3.63, 3.8) is 0 Å². The van der Waals surface area contributed by atoms with Crippen LogP contribution in [0, 0.1) is 0 Å². The Kier molecular flexibility index (Phi) is 2.47. The maximum atomic E-state index is 11.1. The van der Waals surface area contributed by atoms with Crippen molar-refractivity contribution >= 4 is 5.97 Å². The Bertz CT molecular complexity index is 278. The van der Waals surface area contributed by atoms with E-state index >= 15 is 0 Å². The molecule has 0 bridgehead atoms. The van der Waals surface area contributed by atoms with E-state index in [9.17, 15) is 4.79 Å². The van der Waals surface area contributed by atoms with E-state index in [2.05, 4.69) is 9.72 Å². The standard InChI is InChI=1S/C8H12N2O2/c1-6(2)10-5-4-9-7(10)8(11)12-3/h4-6H,1-3H3. The van der Waals surface area contributed by atoms with Crippen LogP contribution in [0.15, 0.2) is 12.4 Å². The van der Waals surface area contributed by atoms with E-state index < -0.39 is 5.97 Å². The fraction of sp³-hybridized carbons (Fsp3) is 0.500. The number of hydrogen-bond donors (Lipinski definition) is 0. The lowest BCUT2D eigenvalue weighted by molar-refractivity contribution is 0.0579.